The van der Waals surface area contributed by atoms with Gasteiger partial charge in [0.15, 0.2) is 12.1 Å². The van der Waals surface area contributed by atoms with Crippen molar-refractivity contribution in [3.63, 3.8) is 0 Å². The Kier molecular flexibility index (Phi) is 3.98. The zero-order chi connectivity index (χ0) is 15.6. The number of nitro benzene ring substituents is 1. The SMILES string of the molecule is CCc1c(C(=O)c2ccc([N+](=O)[O-])cc2)cc(C=O)n1C. The van der Waals surface area contributed by atoms with E-state index in [-0.39, 0.29) is 11.5 Å². The summed E-state index contributed by atoms with van der Waals surface area (Å²) >= 11 is 0. The molecule has 0 spiro atoms. The molecule has 0 aliphatic carbocycles. The van der Waals surface area contributed by atoms with Gasteiger partial charge in [0.05, 0.1) is 10.6 Å². The molecule has 2 rings (SSSR count). The number of ketones is 1. The summed E-state index contributed by atoms with van der Waals surface area (Å²) in [4.78, 5) is 33.6. The Hall–Kier alpha value is -2.76. The zero-order valence-corrected chi connectivity index (χ0v) is 11.7. The fourth-order valence-corrected chi connectivity index (χ4v) is 2.29. The molecule has 0 bridgehead atoms. The molecule has 0 aliphatic heterocycles. The maximum Gasteiger partial charge on any atom is 0.269 e. The van der Waals surface area contributed by atoms with E-state index >= 15 is 0 Å². The first-order chi connectivity index (χ1) is 9.99. The van der Waals surface area contributed by atoms with E-state index < -0.39 is 4.92 Å². The Morgan fingerprint density at radius 3 is 2.43 bits per heavy atom. The normalized spacial score (nSPS) is 10.4. The number of nitro groups is 1. The van der Waals surface area contributed by atoms with E-state index in [2.05, 4.69) is 0 Å². The maximum absolute atomic E-state index is 12.5. The minimum absolute atomic E-state index is 0.0658. The van der Waals surface area contributed by atoms with Crippen LogP contribution in [0.3, 0.4) is 0 Å². The van der Waals surface area contributed by atoms with Gasteiger partial charge >= 0.3 is 0 Å². The van der Waals surface area contributed by atoms with Crippen molar-refractivity contribution in [3.8, 4) is 0 Å². The number of nitrogens with zero attached hydrogens (tertiary/aromatic N) is 2. The molecule has 0 aliphatic rings. The number of aromatic nitrogens is 1. The predicted molar refractivity (Wildman–Crippen MR) is 76.7 cm³/mol. The molecule has 1 heterocycles. The van der Waals surface area contributed by atoms with Gasteiger partial charge in [0, 0.05) is 36.0 Å². The van der Waals surface area contributed by atoms with E-state index in [1.807, 2.05) is 6.92 Å². The highest BCUT2D eigenvalue weighted by Crippen LogP contribution is 2.20. The van der Waals surface area contributed by atoms with Gasteiger partial charge < -0.3 is 4.57 Å². The van der Waals surface area contributed by atoms with Gasteiger partial charge in [0.2, 0.25) is 0 Å². The van der Waals surface area contributed by atoms with Crippen LogP contribution in [0.2, 0.25) is 0 Å². The summed E-state index contributed by atoms with van der Waals surface area (Å²) < 4.78 is 1.69. The van der Waals surface area contributed by atoms with Gasteiger partial charge in [0.1, 0.15) is 0 Å². The minimum atomic E-state index is -0.515. The molecule has 0 unspecified atom stereocenters. The number of hydrogen-bond acceptors (Lipinski definition) is 4. The molecule has 108 valence electrons. The lowest BCUT2D eigenvalue weighted by molar-refractivity contribution is -0.384. The van der Waals surface area contributed by atoms with Gasteiger partial charge in [0.25, 0.3) is 5.69 Å². The van der Waals surface area contributed by atoms with Gasteiger partial charge in [-0.1, -0.05) is 6.92 Å². The third kappa shape index (κ3) is 2.60. The molecule has 1 aromatic heterocycles. The minimum Gasteiger partial charge on any atom is -0.345 e. The van der Waals surface area contributed by atoms with Crippen LogP contribution in [0.4, 0.5) is 5.69 Å². The van der Waals surface area contributed by atoms with E-state index in [9.17, 15) is 19.7 Å². The topological polar surface area (TPSA) is 82.2 Å². The molecule has 0 saturated carbocycles. The standard InChI is InChI=1S/C15H14N2O4/c1-3-14-13(8-12(9-18)16(14)2)15(19)10-4-6-11(7-5-10)17(20)21/h4-9H,3H2,1-2H3. The van der Waals surface area contributed by atoms with Crippen LogP contribution in [0.5, 0.6) is 0 Å². The number of hydrogen-bond donors (Lipinski definition) is 0. The highest BCUT2D eigenvalue weighted by Gasteiger charge is 2.19. The van der Waals surface area contributed by atoms with Crippen LogP contribution in [-0.4, -0.2) is 21.6 Å². The second-order valence-electron chi connectivity index (χ2n) is 4.59. The Morgan fingerprint density at radius 2 is 1.95 bits per heavy atom. The van der Waals surface area contributed by atoms with E-state index in [0.29, 0.717) is 29.5 Å². The number of carbonyl (C=O) groups is 2. The summed E-state index contributed by atoms with van der Waals surface area (Å²) in [7, 11) is 1.73. The largest absolute Gasteiger partial charge is 0.345 e. The Labute approximate surface area is 121 Å². The second-order valence-corrected chi connectivity index (χ2v) is 4.59. The van der Waals surface area contributed by atoms with Crippen LogP contribution >= 0.6 is 0 Å². The van der Waals surface area contributed by atoms with Crippen molar-refractivity contribution in [3.05, 3.63) is 63.0 Å². The molecule has 0 radical (unpaired) electrons. The van der Waals surface area contributed by atoms with Gasteiger partial charge in [-0.3, -0.25) is 19.7 Å². The summed E-state index contributed by atoms with van der Waals surface area (Å²) in [5, 5.41) is 10.6. The molecule has 6 heteroatoms. The number of benzene rings is 1. The van der Waals surface area contributed by atoms with Crippen LogP contribution in [0.1, 0.15) is 39.0 Å². The molecule has 2 aromatic rings. The van der Waals surface area contributed by atoms with Gasteiger partial charge in [-0.2, -0.15) is 0 Å². The van der Waals surface area contributed by atoms with Crippen LogP contribution in [-0.2, 0) is 13.5 Å². The van der Waals surface area contributed by atoms with Crippen molar-refractivity contribution in [2.24, 2.45) is 7.05 Å². The molecule has 0 saturated heterocycles. The quantitative estimate of drug-likeness (QED) is 0.366. The molecular formula is C15H14N2O4. The number of aldehydes is 1. The lowest BCUT2D eigenvalue weighted by Gasteiger charge is -2.05. The first-order valence-electron chi connectivity index (χ1n) is 6.42. The predicted octanol–water partition coefficient (Wildman–Crippen LogP) is 2.54. The second kappa shape index (κ2) is 5.70. The molecule has 0 atom stereocenters. The average Bonchev–Trinajstić information content (AvgIpc) is 2.82. The fraction of sp³-hybridized carbons (Fsp3) is 0.200. The summed E-state index contributed by atoms with van der Waals surface area (Å²) in [5.74, 6) is -0.245. The van der Waals surface area contributed by atoms with Crippen molar-refractivity contribution < 1.29 is 14.5 Å². The van der Waals surface area contributed by atoms with Crippen LogP contribution < -0.4 is 0 Å². The van der Waals surface area contributed by atoms with E-state index in [4.69, 9.17) is 0 Å². The molecule has 6 nitrogen and oxygen atoms in total. The van der Waals surface area contributed by atoms with Crippen LogP contribution in [0.25, 0.3) is 0 Å². The first-order valence-corrected chi connectivity index (χ1v) is 6.42. The molecule has 0 amide bonds. The molecule has 21 heavy (non-hydrogen) atoms. The third-order valence-electron chi connectivity index (χ3n) is 3.44. The Bertz CT molecular complexity index is 714. The van der Waals surface area contributed by atoms with Gasteiger partial charge in [-0.15, -0.1) is 0 Å². The number of rotatable bonds is 5. The average molecular weight is 286 g/mol. The van der Waals surface area contributed by atoms with E-state index in [0.717, 1.165) is 5.69 Å². The van der Waals surface area contributed by atoms with Gasteiger partial charge in [-0.25, -0.2) is 0 Å². The Morgan fingerprint density at radius 1 is 1.33 bits per heavy atom. The molecular weight excluding hydrogens is 272 g/mol. The van der Waals surface area contributed by atoms with Crippen molar-refractivity contribution >= 4 is 17.8 Å². The summed E-state index contributed by atoms with van der Waals surface area (Å²) in [5.41, 5.74) is 1.94. The zero-order valence-electron chi connectivity index (χ0n) is 11.7. The van der Waals surface area contributed by atoms with Crippen molar-refractivity contribution in [2.75, 3.05) is 0 Å². The summed E-state index contributed by atoms with van der Waals surface area (Å²) in [6.45, 7) is 1.90. The summed E-state index contributed by atoms with van der Waals surface area (Å²) in [6, 6.07) is 6.99. The maximum atomic E-state index is 12.5. The van der Waals surface area contributed by atoms with Crippen molar-refractivity contribution in [1.29, 1.82) is 0 Å². The lowest BCUT2D eigenvalue weighted by atomic mass is 10.0. The third-order valence-corrected chi connectivity index (χ3v) is 3.44. The van der Waals surface area contributed by atoms with Gasteiger partial charge in [-0.05, 0) is 24.6 Å². The van der Waals surface area contributed by atoms with E-state index in [1.165, 1.54) is 24.3 Å². The molecule has 1 aromatic carbocycles. The molecule has 0 N–H and O–H groups in total. The Balaban J connectivity index is 2.44. The lowest BCUT2D eigenvalue weighted by Crippen LogP contribution is -2.06. The summed E-state index contributed by atoms with van der Waals surface area (Å²) in [6.07, 6.45) is 1.31. The first kappa shape index (κ1) is 14.6. The number of non-ortho nitro benzene ring substituents is 1. The van der Waals surface area contributed by atoms with E-state index in [1.54, 1.807) is 17.7 Å². The van der Waals surface area contributed by atoms with Crippen molar-refractivity contribution in [1.82, 2.24) is 4.57 Å². The van der Waals surface area contributed by atoms with Crippen LogP contribution in [0, 0.1) is 10.1 Å². The molecule has 0 fully saturated rings. The van der Waals surface area contributed by atoms with Crippen LogP contribution in [0.15, 0.2) is 30.3 Å². The number of carbonyl (C=O) groups excluding carboxylic acids is 2. The fourth-order valence-electron chi connectivity index (χ4n) is 2.29. The van der Waals surface area contributed by atoms with Crippen molar-refractivity contribution in [2.45, 2.75) is 13.3 Å². The monoisotopic (exact) mass is 286 g/mol. The highest BCUT2D eigenvalue weighted by molar-refractivity contribution is 6.10. The highest BCUT2D eigenvalue weighted by atomic mass is 16.6. The smallest absolute Gasteiger partial charge is 0.269 e.